The van der Waals surface area contributed by atoms with Crippen LogP contribution in [-0.4, -0.2) is 62.3 Å². The fourth-order valence-corrected chi connectivity index (χ4v) is 2.02. The lowest BCUT2D eigenvalue weighted by atomic mass is 10.1. The highest BCUT2D eigenvalue weighted by atomic mass is 16.6. The number of carbonyl (C=O) groups is 3. The van der Waals surface area contributed by atoms with Gasteiger partial charge in [-0.05, 0) is 18.4 Å². The van der Waals surface area contributed by atoms with Crippen molar-refractivity contribution in [3.63, 3.8) is 0 Å². The number of carbonyl (C=O) groups excluding carboxylic acids is 3. The Morgan fingerprint density at radius 2 is 1.64 bits per heavy atom. The molecule has 0 fully saturated rings. The molecule has 2 N–H and O–H groups in total. The van der Waals surface area contributed by atoms with Crippen LogP contribution in [0.25, 0.3) is 0 Å². The van der Waals surface area contributed by atoms with Gasteiger partial charge in [-0.3, -0.25) is 20.3 Å². The number of rotatable bonds is 10. The number of likely N-dealkylation sites (N-methyl/N-ethyl adjacent to an activating group) is 1. The van der Waals surface area contributed by atoms with Crippen LogP contribution in [-0.2, 0) is 30.2 Å². The van der Waals surface area contributed by atoms with Crippen molar-refractivity contribution in [3.8, 4) is 0 Å². The molecule has 0 radical (unpaired) electrons. The first-order valence-electron chi connectivity index (χ1n) is 9.01. The van der Waals surface area contributed by atoms with E-state index >= 15 is 0 Å². The molecule has 0 heterocycles. The van der Waals surface area contributed by atoms with Gasteiger partial charge in [-0.2, -0.15) is 0 Å². The number of esters is 2. The molecule has 0 aliphatic rings. The molecule has 0 unspecified atom stereocenters. The van der Waals surface area contributed by atoms with Gasteiger partial charge in [-0.25, -0.2) is 4.79 Å². The van der Waals surface area contributed by atoms with Crippen LogP contribution in [0.15, 0.2) is 30.3 Å². The van der Waals surface area contributed by atoms with Crippen LogP contribution < -0.4 is 5.32 Å². The smallest absolute Gasteiger partial charge is 0.414 e. The topological polar surface area (TPSA) is 118 Å². The van der Waals surface area contributed by atoms with Gasteiger partial charge in [0.05, 0.1) is 6.61 Å². The Labute approximate surface area is 164 Å². The van der Waals surface area contributed by atoms with E-state index < -0.39 is 12.1 Å². The summed E-state index contributed by atoms with van der Waals surface area (Å²) in [4.78, 5) is 35.9. The van der Waals surface area contributed by atoms with Gasteiger partial charge in [0.15, 0.2) is 0 Å². The molecule has 1 aromatic carbocycles. The Bertz CT molecular complexity index is 650. The van der Waals surface area contributed by atoms with Crippen molar-refractivity contribution in [2.45, 2.75) is 26.2 Å². The highest BCUT2D eigenvalue weighted by Crippen LogP contribution is 2.03. The minimum Gasteiger partial charge on any atom is -0.464 e. The van der Waals surface area contributed by atoms with Crippen molar-refractivity contribution in [2.24, 2.45) is 0 Å². The van der Waals surface area contributed by atoms with Crippen molar-refractivity contribution in [3.05, 3.63) is 35.9 Å². The minimum atomic E-state index is -0.876. The second-order valence-corrected chi connectivity index (χ2v) is 5.89. The standard InChI is InChI=1S/C19H27N3O6/c1-3-11-26-17(24)14-22(2)18(20)21-19(25)28-13-12-27-16(23)10-9-15-7-5-4-6-8-15/h4-8H,3,9-14H2,1-2H3,(H2,20,21,25). The van der Waals surface area contributed by atoms with E-state index in [1.54, 1.807) is 0 Å². The molecule has 0 atom stereocenters. The third-order valence-corrected chi connectivity index (χ3v) is 3.48. The van der Waals surface area contributed by atoms with E-state index in [2.05, 4.69) is 5.32 Å². The highest BCUT2D eigenvalue weighted by Gasteiger charge is 2.14. The lowest BCUT2D eigenvalue weighted by Gasteiger charge is -2.18. The van der Waals surface area contributed by atoms with Gasteiger partial charge in [0, 0.05) is 13.5 Å². The van der Waals surface area contributed by atoms with Crippen molar-refractivity contribution >= 4 is 24.0 Å². The molecule has 0 aliphatic carbocycles. The third-order valence-electron chi connectivity index (χ3n) is 3.48. The number of aryl methyl sites for hydroxylation is 1. The van der Waals surface area contributed by atoms with Crippen LogP contribution in [0.1, 0.15) is 25.3 Å². The predicted molar refractivity (Wildman–Crippen MR) is 102 cm³/mol. The van der Waals surface area contributed by atoms with E-state index in [1.165, 1.54) is 11.9 Å². The van der Waals surface area contributed by atoms with Crippen LogP contribution in [0.4, 0.5) is 4.79 Å². The average molecular weight is 393 g/mol. The maximum atomic E-state index is 11.6. The number of nitrogens with one attached hydrogen (secondary N) is 2. The quantitative estimate of drug-likeness (QED) is 0.204. The molecular formula is C19H27N3O6. The molecule has 9 heteroatoms. The normalized spacial score (nSPS) is 9.93. The summed E-state index contributed by atoms with van der Waals surface area (Å²) in [5.74, 6) is -1.18. The van der Waals surface area contributed by atoms with Gasteiger partial charge in [0.2, 0.25) is 5.96 Å². The summed E-state index contributed by atoms with van der Waals surface area (Å²) in [6, 6.07) is 9.55. The summed E-state index contributed by atoms with van der Waals surface area (Å²) in [6.07, 6.45) is 0.637. The number of hydrogen-bond acceptors (Lipinski definition) is 7. The van der Waals surface area contributed by atoms with Crippen molar-refractivity contribution in [1.29, 1.82) is 5.41 Å². The fourth-order valence-electron chi connectivity index (χ4n) is 2.02. The summed E-state index contributed by atoms with van der Waals surface area (Å²) >= 11 is 0. The monoisotopic (exact) mass is 393 g/mol. The molecule has 28 heavy (non-hydrogen) atoms. The second-order valence-electron chi connectivity index (χ2n) is 5.89. The largest absolute Gasteiger partial charge is 0.464 e. The fraction of sp³-hybridized carbons (Fsp3) is 0.474. The number of benzene rings is 1. The summed E-state index contributed by atoms with van der Waals surface area (Å²) in [5.41, 5.74) is 1.04. The average Bonchev–Trinajstić information content (AvgIpc) is 2.68. The van der Waals surface area contributed by atoms with E-state index in [4.69, 9.17) is 19.6 Å². The molecule has 0 bridgehead atoms. The van der Waals surface area contributed by atoms with Crippen molar-refractivity contribution in [2.75, 3.05) is 33.4 Å². The minimum absolute atomic E-state index is 0.0758. The Balaban J connectivity index is 2.14. The molecule has 1 rings (SSSR count). The summed E-state index contributed by atoms with van der Waals surface area (Å²) < 4.78 is 14.7. The zero-order valence-corrected chi connectivity index (χ0v) is 16.2. The van der Waals surface area contributed by atoms with Gasteiger partial charge in [0.1, 0.15) is 19.8 Å². The molecular weight excluding hydrogens is 366 g/mol. The Hall–Kier alpha value is -3.10. The van der Waals surface area contributed by atoms with Crippen molar-refractivity contribution in [1.82, 2.24) is 10.2 Å². The third kappa shape index (κ3) is 10.1. The SMILES string of the molecule is CCCOC(=O)CN(C)C(=N)NC(=O)OCCOC(=O)CCc1ccccc1. The summed E-state index contributed by atoms with van der Waals surface area (Å²) in [7, 11) is 1.46. The molecule has 0 saturated carbocycles. The van der Waals surface area contributed by atoms with E-state index in [1.807, 2.05) is 37.3 Å². The summed E-state index contributed by atoms with van der Waals surface area (Å²) in [6.45, 7) is 1.79. The van der Waals surface area contributed by atoms with E-state index in [-0.39, 0.29) is 38.1 Å². The molecule has 9 nitrogen and oxygen atoms in total. The Morgan fingerprint density at radius 3 is 2.32 bits per heavy atom. The maximum absolute atomic E-state index is 11.6. The van der Waals surface area contributed by atoms with Crippen molar-refractivity contribution < 1.29 is 28.6 Å². The Morgan fingerprint density at radius 1 is 1.00 bits per heavy atom. The van der Waals surface area contributed by atoms with Crippen LogP contribution in [0.3, 0.4) is 0 Å². The number of nitrogens with zero attached hydrogens (tertiary/aromatic N) is 1. The number of amides is 1. The van der Waals surface area contributed by atoms with E-state index in [0.29, 0.717) is 19.4 Å². The lowest BCUT2D eigenvalue weighted by Crippen LogP contribution is -2.44. The van der Waals surface area contributed by atoms with Gasteiger partial charge in [-0.15, -0.1) is 0 Å². The number of hydrogen-bond donors (Lipinski definition) is 2. The number of guanidine groups is 1. The van der Waals surface area contributed by atoms with Crippen LogP contribution in [0, 0.1) is 5.41 Å². The van der Waals surface area contributed by atoms with Gasteiger partial charge in [0.25, 0.3) is 0 Å². The van der Waals surface area contributed by atoms with Gasteiger partial charge in [-0.1, -0.05) is 37.3 Å². The molecule has 1 amide bonds. The first-order chi connectivity index (χ1) is 13.4. The molecule has 154 valence electrons. The molecule has 0 aromatic heterocycles. The van der Waals surface area contributed by atoms with E-state index in [9.17, 15) is 14.4 Å². The lowest BCUT2D eigenvalue weighted by molar-refractivity contribution is -0.145. The second kappa shape index (κ2) is 13.1. The highest BCUT2D eigenvalue weighted by molar-refractivity contribution is 5.93. The molecule has 0 saturated heterocycles. The first-order valence-corrected chi connectivity index (χ1v) is 9.01. The number of ether oxygens (including phenoxy) is 3. The van der Waals surface area contributed by atoms with Crippen LogP contribution >= 0.6 is 0 Å². The molecule has 0 aliphatic heterocycles. The zero-order chi connectivity index (χ0) is 20.8. The summed E-state index contributed by atoms with van der Waals surface area (Å²) in [5, 5.41) is 9.88. The van der Waals surface area contributed by atoms with Crippen LogP contribution in [0.5, 0.6) is 0 Å². The number of alkyl carbamates (subject to hydrolysis) is 1. The maximum Gasteiger partial charge on any atom is 0.414 e. The van der Waals surface area contributed by atoms with E-state index in [0.717, 1.165) is 5.56 Å². The van der Waals surface area contributed by atoms with Gasteiger partial charge >= 0.3 is 18.0 Å². The zero-order valence-electron chi connectivity index (χ0n) is 16.2. The predicted octanol–water partition coefficient (Wildman–Crippen LogP) is 1.71. The molecule has 0 spiro atoms. The first kappa shape index (κ1) is 22.9. The van der Waals surface area contributed by atoms with Gasteiger partial charge < -0.3 is 19.1 Å². The molecule has 1 aromatic rings. The Kier molecular flexibility index (Phi) is 10.8. The van der Waals surface area contributed by atoms with Crippen LogP contribution in [0.2, 0.25) is 0 Å².